The molecule has 1 aliphatic heterocycles. The van der Waals surface area contributed by atoms with Gasteiger partial charge in [-0.3, -0.25) is 24.4 Å². The van der Waals surface area contributed by atoms with Crippen LogP contribution in [-0.4, -0.2) is 26.6 Å². The Hall–Kier alpha value is -3.52. The predicted octanol–water partition coefficient (Wildman–Crippen LogP) is 3.13. The number of anilines is 1. The van der Waals surface area contributed by atoms with Crippen LogP contribution in [0.5, 0.6) is 0 Å². The maximum absolute atomic E-state index is 13.2. The second-order valence-corrected chi connectivity index (χ2v) is 7.92. The molecule has 3 heterocycles. The molecular weight excluding hydrogens is 388 g/mol. The molecule has 0 unspecified atom stereocenters. The van der Waals surface area contributed by atoms with Crippen LogP contribution in [0.2, 0.25) is 0 Å². The summed E-state index contributed by atoms with van der Waals surface area (Å²) in [5.74, 6) is -1.49. The number of aromatic nitrogens is 3. The van der Waals surface area contributed by atoms with E-state index in [9.17, 15) is 14.4 Å². The Bertz CT molecular complexity index is 1290. The highest BCUT2D eigenvalue weighted by Gasteiger charge is 2.43. The molecule has 2 aromatic carbocycles. The highest BCUT2D eigenvalue weighted by Crippen LogP contribution is 2.33. The monoisotopic (exact) mass is 404 g/mol. The topological polar surface area (TPSA) is 88.1 Å². The van der Waals surface area contributed by atoms with E-state index < -0.39 is 5.92 Å². The third-order valence-corrected chi connectivity index (χ3v) is 6.12. The van der Waals surface area contributed by atoms with Crippen LogP contribution < -0.4 is 10.5 Å². The smallest absolute Gasteiger partial charge is 0.277 e. The van der Waals surface area contributed by atoms with E-state index in [2.05, 4.69) is 10.1 Å². The van der Waals surface area contributed by atoms with E-state index >= 15 is 0 Å². The Morgan fingerprint density at radius 3 is 2.52 bits per heavy atom. The summed E-state index contributed by atoms with van der Waals surface area (Å²) >= 11 is 1.39. The van der Waals surface area contributed by atoms with E-state index in [1.54, 1.807) is 31.2 Å². The maximum Gasteiger partial charge on any atom is 0.277 e. The number of H-pyrrole nitrogens is 1. The summed E-state index contributed by atoms with van der Waals surface area (Å²) in [6.45, 7) is 1.74. The fraction of sp³-hybridized carbons (Fsp3) is 0.143. The molecule has 1 atom stereocenters. The third kappa shape index (κ3) is 2.72. The summed E-state index contributed by atoms with van der Waals surface area (Å²) in [6, 6.07) is 16.4. The van der Waals surface area contributed by atoms with Crippen LogP contribution in [0, 0.1) is 6.92 Å². The fourth-order valence-electron chi connectivity index (χ4n) is 3.77. The number of thiazole rings is 1. The van der Waals surface area contributed by atoms with Gasteiger partial charge in [-0.1, -0.05) is 41.7 Å². The van der Waals surface area contributed by atoms with Gasteiger partial charge in [0.05, 0.1) is 27.4 Å². The van der Waals surface area contributed by atoms with Crippen molar-refractivity contribution in [1.29, 1.82) is 0 Å². The van der Waals surface area contributed by atoms with E-state index in [4.69, 9.17) is 0 Å². The number of aryl methyl sites for hydroxylation is 1. The summed E-state index contributed by atoms with van der Waals surface area (Å²) in [5, 5.41) is 3.53. The number of benzene rings is 2. The summed E-state index contributed by atoms with van der Waals surface area (Å²) in [7, 11) is 0. The molecule has 0 spiro atoms. The number of rotatable bonds is 3. The molecule has 1 N–H and O–H groups in total. The number of aromatic amines is 1. The normalized spacial score (nSPS) is 16.9. The van der Waals surface area contributed by atoms with Crippen LogP contribution in [0.1, 0.15) is 23.6 Å². The zero-order valence-electron chi connectivity index (χ0n) is 15.5. The lowest BCUT2D eigenvalue weighted by molar-refractivity contribution is -0.121. The van der Waals surface area contributed by atoms with E-state index in [0.717, 1.165) is 10.2 Å². The lowest BCUT2D eigenvalue weighted by atomic mass is 9.98. The Morgan fingerprint density at radius 1 is 1.03 bits per heavy atom. The van der Waals surface area contributed by atoms with Crippen molar-refractivity contribution in [1.82, 2.24) is 14.8 Å². The number of amides is 2. The van der Waals surface area contributed by atoms with Crippen molar-refractivity contribution in [3.63, 3.8) is 0 Å². The molecule has 0 saturated carbocycles. The van der Waals surface area contributed by atoms with Crippen LogP contribution in [0.3, 0.4) is 0 Å². The third-order valence-electron chi connectivity index (χ3n) is 5.10. The van der Waals surface area contributed by atoms with Crippen molar-refractivity contribution in [2.75, 3.05) is 4.90 Å². The molecule has 5 rings (SSSR count). The number of carbonyl (C=O) groups is 2. The van der Waals surface area contributed by atoms with Crippen LogP contribution in [0.4, 0.5) is 5.69 Å². The SMILES string of the molecule is Cc1[nH]n(-c2nc3ccccc3s2)c(=O)c1[C@H]1CC(=O)N(c2ccccc2)C1=O. The average molecular weight is 404 g/mol. The highest BCUT2D eigenvalue weighted by molar-refractivity contribution is 7.20. The number of hydrogen-bond donors (Lipinski definition) is 1. The lowest BCUT2D eigenvalue weighted by Crippen LogP contribution is -2.31. The molecule has 1 fully saturated rings. The zero-order chi connectivity index (χ0) is 20.1. The number of fused-ring (bicyclic) bond motifs is 1. The quantitative estimate of drug-likeness (QED) is 0.532. The van der Waals surface area contributed by atoms with Gasteiger partial charge in [-0.25, -0.2) is 4.98 Å². The first-order valence-electron chi connectivity index (χ1n) is 9.14. The molecule has 1 saturated heterocycles. The van der Waals surface area contributed by atoms with E-state index in [1.165, 1.54) is 20.9 Å². The molecule has 29 heavy (non-hydrogen) atoms. The highest BCUT2D eigenvalue weighted by atomic mass is 32.1. The Balaban J connectivity index is 1.57. The van der Waals surface area contributed by atoms with Gasteiger partial charge in [-0.15, -0.1) is 0 Å². The van der Waals surface area contributed by atoms with E-state index in [1.807, 2.05) is 30.3 Å². The second kappa shape index (κ2) is 6.52. The minimum absolute atomic E-state index is 0.0263. The maximum atomic E-state index is 13.2. The molecule has 7 nitrogen and oxygen atoms in total. The molecule has 2 amide bonds. The van der Waals surface area contributed by atoms with Crippen molar-refractivity contribution < 1.29 is 9.59 Å². The molecule has 8 heteroatoms. The molecule has 0 aliphatic carbocycles. The molecular formula is C21H16N4O3S. The second-order valence-electron chi connectivity index (χ2n) is 6.91. The number of nitrogens with one attached hydrogen (secondary N) is 1. The molecule has 4 aromatic rings. The van der Waals surface area contributed by atoms with Crippen molar-refractivity contribution in [2.24, 2.45) is 0 Å². The minimum Gasteiger partial charge on any atom is -0.293 e. The number of carbonyl (C=O) groups excluding carboxylic acids is 2. The molecule has 144 valence electrons. The summed E-state index contributed by atoms with van der Waals surface area (Å²) in [5.41, 5.74) is 1.86. The van der Waals surface area contributed by atoms with E-state index in [0.29, 0.717) is 22.1 Å². The first kappa shape index (κ1) is 17.6. The number of imide groups is 1. The van der Waals surface area contributed by atoms with Gasteiger partial charge < -0.3 is 0 Å². The Morgan fingerprint density at radius 2 is 1.76 bits per heavy atom. The van der Waals surface area contributed by atoms with Crippen molar-refractivity contribution >= 4 is 39.1 Å². The minimum atomic E-state index is -0.804. The number of hydrogen-bond acceptors (Lipinski definition) is 5. The van der Waals surface area contributed by atoms with Gasteiger partial charge in [0, 0.05) is 12.1 Å². The first-order valence-corrected chi connectivity index (χ1v) is 9.95. The van der Waals surface area contributed by atoms with Crippen LogP contribution in [0.25, 0.3) is 15.3 Å². The largest absolute Gasteiger partial charge is 0.293 e. The van der Waals surface area contributed by atoms with Gasteiger partial charge in [0.1, 0.15) is 0 Å². The van der Waals surface area contributed by atoms with Crippen LogP contribution in [-0.2, 0) is 9.59 Å². The van der Waals surface area contributed by atoms with Gasteiger partial charge >= 0.3 is 0 Å². The first-order chi connectivity index (χ1) is 14.0. The average Bonchev–Trinajstić information content (AvgIpc) is 3.36. The molecule has 0 radical (unpaired) electrons. The Kier molecular flexibility index (Phi) is 3.95. The van der Waals surface area contributed by atoms with Gasteiger partial charge in [0.25, 0.3) is 5.56 Å². The van der Waals surface area contributed by atoms with Gasteiger partial charge in [0.2, 0.25) is 16.9 Å². The lowest BCUT2D eigenvalue weighted by Gasteiger charge is -2.14. The van der Waals surface area contributed by atoms with Crippen LogP contribution in [0.15, 0.2) is 59.4 Å². The molecule has 0 bridgehead atoms. The van der Waals surface area contributed by atoms with Crippen molar-refractivity contribution in [2.45, 2.75) is 19.3 Å². The van der Waals surface area contributed by atoms with Gasteiger partial charge in [0.15, 0.2) is 0 Å². The predicted molar refractivity (Wildman–Crippen MR) is 111 cm³/mol. The zero-order valence-corrected chi connectivity index (χ0v) is 16.3. The summed E-state index contributed by atoms with van der Waals surface area (Å²) in [6.07, 6.45) is -0.0263. The van der Waals surface area contributed by atoms with Crippen molar-refractivity contribution in [3.05, 3.63) is 76.2 Å². The van der Waals surface area contributed by atoms with Gasteiger partial charge in [-0.05, 0) is 31.2 Å². The van der Waals surface area contributed by atoms with Gasteiger partial charge in [-0.2, -0.15) is 4.68 Å². The standard InChI is InChI=1S/C21H16N4O3S/c1-12-18(14-11-17(26)24(19(14)27)13-7-3-2-4-8-13)20(28)25(23-12)21-22-15-9-5-6-10-16(15)29-21/h2-10,14,23H,11H2,1H3/t14-/m1/s1. The fourth-order valence-corrected chi connectivity index (χ4v) is 4.69. The van der Waals surface area contributed by atoms with E-state index in [-0.39, 0.29) is 23.8 Å². The molecule has 1 aliphatic rings. The number of para-hydroxylation sites is 2. The molecule has 2 aromatic heterocycles. The number of nitrogens with zero attached hydrogens (tertiary/aromatic N) is 3. The Labute approximate surface area is 169 Å². The van der Waals surface area contributed by atoms with Crippen LogP contribution >= 0.6 is 11.3 Å². The summed E-state index contributed by atoms with van der Waals surface area (Å²) < 4.78 is 2.32. The van der Waals surface area contributed by atoms with Crippen molar-refractivity contribution in [3.8, 4) is 5.13 Å². The summed E-state index contributed by atoms with van der Waals surface area (Å²) in [4.78, 5) is 44.4.